The predicted octanol–water partition coefficient (Wildman–Crippen LogP) is 3.94. The van der Waals surface area contributed by atoms with Crippen molar-refractivity contribution in [3.05, 3.63) is 71.9 Å². The summed E-state index contributed by atoms with van der Waals surface area (Å²) >= 11 is 0. The number of nitrogens with one attached hydrogen (secondary N) is 3. The number of rotatable bonds is 3. The molecular weight excluding hydrogens is 340 g/mol. The van der Waals surface area contributed by atoms with Crippen molar-refractivity contribution in [1.82, 2.24) is 15.2 Å². The summed E-state index contributed by atoms with van der Waals surface area (Å²) in [6.45, 7) is -0.133. The van der Waals surface area contributed by atoms with Crippen LogP contribution < -0.4 is 5.32 Å². The van der Waals surface area contributed by atoms with Crippen LogP contribution in [-0.4, -0.2) is 26.2 Å². The molecule has 0 saturated heterocycles. The van der Waals surface area contributed by atoms with Gasteiger partial charge in [-0.25, -0.2) is 0 Å². The molecule has 2 aromatic heterocycles. The van der Waals surface area contributed by atoms with Crippen LogP contribution in [0.3, 0.4) is 0 Å². The Kier molecular flexibility index (Phi) is 3.45. The molecule has 3 aromatic carbocycles. The van der Waals surface area contributed by atoms with Crippen LogP contribution in [0.5, 0.6) is 0 Å². The van der Waals surface area contributed by atoms with Crippen molar-refractivity contribution >= 4 is 44.3 Å². The highest BCUT2D eigenvalue weighted by Gasteiger charge is 2.17. The maximum Gasteiger partial charge on any atom is 0.256 e. The number of aromatic nitrogens is 3. The number of benzene rings is 3. The number of hydrogen-bond acceptors (Lipinski definition) is 3. The number of aliphatic hydroxyl groups excluding tert-OH is 1. The van der Waals surface area contributed by atoms with Crippen LogP contribution in [0.2, 0.25) is 0 Å². The summed E-state index contributed by atoms with van der Waals surface area (Å²) in [4.78, 5) is 16.4. The zero-order valence-electron chi connectivity index (χ0n) is 14.3. The van der Waals surface area contributed by atoms with Crippen molar-refractivity contribution in [2.75, 3.05) is 5.32 Å². The molecule has 0 radical (unpaired) electrons. The summed E-state index contributed by atoms with van der Waals surface area (Å²) < 4.78 is 0. The first-order chi connectivity index (χ1) is 13.3. The van der Waals surface area contributed by atoms with Crippen LogP contribution in [0.15, 0.2) is 60.8 Å². The van der Waals surface area contributed by atoms with Gasteiger partial charge in [0, 0.05) is 38.5 Å². The fourth-order valence-electron chi connectivity index (χ4n) is 3.59. The SMILES string of the molecule is O=C(Nc1ccccc1CO)c1cccc2[nH]c3c(ccc4cn[nH]c43)c12. The lowest BCUT2D eigenvalue weighted by Crippen LogP contribution is -2.13. The summed E-state index contributed by atoms with van der Waals surface area (Å²) in [6, 6.07) is 16.8. The van der Waals surface area contributed by atoms with Crippen LogP contribution in [0.4, 0.5) is 5.69 Å². The van der Waals surface area contributed by atoms with Gasteiger partial charge < -0.3 is 15.4 Å². The second-order valence-electron chi connectivity index (χ2n) is 6.44. The van der Waals surface area contributed by atoms with Gasteiger partial charge in [0.1, 0.15) is 0 Å². The van der Waals surface area contributed by atoms with E-state index in [2.05, 4.69) is 20.5 Å². The largest absolute Gasteiger partial charge is 0.392 e. The van der Waals surface area contributed by atoms with Gasteiger partial charge in [-0.05, 0) is 18.2 Å². The number of H-pyrrole nitrogens is 2. The molecule has 2 heterocycles. The first kappa shape index (κ1) is 15.6. The predicted molar refractivity (Wildman–Crippen MR) is 106 cm³/mol. The number of hydrogen-bond donors (Lipinski definition) is 4. The standard InChI is InChI=1S/C21H16N4O2/c26-11-13-4-1-2-6-16(13)24-21(27)15-5-3-7-17-18(15)14-9-8-12-10-22-25-19(12)20(14)23-17/h1-10,23,26H,11H2,(H,22,25)(H,24,27). The van der Waals surface area contributed by atoms with E-state index in [0.717, 1.165) is 32.7 Å². The van der Waals surface area contributed by atoms with Gasteiger partial charge in [0.25, 0.3) is 5.91 Å². The third kappa shape index (κ3) is 2.38. The molecule has 0 bridgehead atoms. The van der Waals surface area contributed by atoms with Crippen molar-refractivity contribution in [2.45, 2.75) is 6.61 Å². The number of nitrogens with zero attached hydrogens (tertiary/aromatic N) is 1. The lowest BCUT2D eigenvalue weighted by atomic mass is 10.0. The van der Waals surface area contributed by atoms with Crippen molar-refractivity contribution < 1.29 is 9.90 Å². The van der Waals surface area contributed by atoms with Gasteiger partial charge in [-0.2, -0.15) is 5.10 Å². The summed E-state index contributed by atoms with van der Waals surface area (Å²) in [7, 11) is 0. The fraction of sp³-hybridized carbons (Fsp3) is 0.0476. The Bertz CT molecular complexity index is 1320. The van der Waals surface area contributed by atoms with Crippen LogP contribution in [0, 0.1) is 0 Å². The molecule has 0 aliphatic heterocycles. The third-order valence-electron chi connectivity index (χ3n) is 4.89. The van der Waals surface area contributed by atoms with E-state index in [1.165, 1.54) is 0 Å². The third-order valence-corrected chi connectivity index (χ3v) is 4.89. The van der Waals surface area contributed by atoms with E-state index >= 15 is 0 Å². The van der Waals surface area contributed by atoms with E-state index < -0.39 is 0 Å². The zero-order chi connectivity index (χ0) is 18.4. The van der Waals surface area contributed by atoms with Gasteiger partial charge in [-0.3, -0.25) is 9.89 Å². The Morgan fingerprint density at radius 3 is 2.81 bits per heavy atom. The monoisotopic (exact) mass is 356 g/mol. The molecule has 27 heavy (non-hydrogen) atoms. The van der Waals surface area contributed by atoms with E-state index in [-0.39, 0.29) is 12.5 Å². The van der Waals surface area contributed by atoms with E-state index in [1.807, 2.05) is 42.5 Å². The average Bonchev–Trinajstić information content (AvgIpc) is 3.32. The topological polar surface area (TPSA) is 93.8 Å². The summed E-state index contributed by atoms with van der Waals surface area (Å²) in [5.74, 6) is -0.216. The summed E-state index contributed by atoms with van der Waals surface area (Å²) in [6.07, 6.45) is 1.78. The molecule has 0 atom stereocenters. The summed E-state index contributed by atoms with van der Waals surface area (Å²) in [5, 5.41) is 22.4. The second-order valence-corrected chi connectivity index (χ2v) is 6.44. The minimum atomic E-state index is -0.216. The molecule has 5 aromatic rings. The lowest BCUT2D eigenvalue weighted by Gasteiger charge is -2.10. The van der Waals surface area contributed by atoms with Gasteiger partial charge in [-0.1, -0.05) is 36.4 Å². The van der Waals surface area contributed by atoms with Crippen LogP contribution in [0.1, 0.15) is 15.9 Å². The molecule has 0 saturated carbocycles. The Morgan fingerprint density at radius 1 is 1.04 bits per heavy atom. The molecule has 0 aliphatic rings. The summed E-state index contributed by atoms with van der Waals surface area (Å²) in [5.41, 5.74) is 4.59. The minimum Gasteiger partial charge on any atom is -0.392 e. The molecule has 5 rings (SSSR count). The Hall–Kier alpha value is -3.64. The number of carbonyl (C=O) groups is 1. The maximum absolute atomic E-state index is 13.0. The number of amides is 1. The smallest absolute Gasteiger partial charge is 0.256 e. The molecule has 1 amide bonds. The first-order valence-corrected chi connectivity index (χ1v) is 8.63. The van der Waals surface area contributed by atoms with Crippen LogP contribution in [0.25, 0.3) is 32.7 Å². The molecule has 132 valence electrons. The van der Waals surface area contributed by atoms with Crippen molar-refractivity contribution in [3.63, 3.8) is 0 Å². The van der Waals surface area contributed by atoms with Crippen molar-refractivity contribution in [2.24, 2.45) is 0 Å². The molecule has 6 nitrogen and oxygen atoms in total. The van der Waals surface area contributed by atoms with Gasteiger partial charge in [-0.15, -0.1) is 0 Å². The average molecular weight is 356 g/mol. The number of para-hydroxylation sites is 1. The van der Waals surface area contributed by atoms with Gasteiger partial charge >= 0.3 is 0 Å². The Morgan fingerprint density at radius 2 is 1.93 bits per heavy atom. The number of aromatic amines is 2. The van der Waals surface area contributed by atoms with Crippen molar-refractivity contribution in [3.8, 4) is 0 Å². The fourth-order valence-corrected chi connectivity index (χ4v) is 3.59. The van der Waals surface area contributed by atoms with Gasteiger partial charge in [0.05, 0.1) is 23.8 Å². The Balaban J connectivity index is 1.68. The first-order valence-electron chi connectivity index (χ1n) is 8.63. The highest BCUT2D eigenvalue weighted by atomic mass is 16.3. The minimum absolute atomic E-state index is 0.133. The van der Waals surface area contributed by atoms with E-state index in [4.69, 9.17) is 0 Å². The number of carbonyl (C=O) groups excluding carboxylic acids is 1. The molecular formula is C21H16N4O2. The number of fused-ring (bicyclic) bond motifs is 5. The number of anilines is 1. The van der Waals surface area contributed by atoms with E-state index in [9.17, 15) is 9.90 Å². The quantitative estimate of drug-likeness (QED) is 0.394. The number of aliphatic hydroxyl groups is 1. The highest BCUT2D eigenvalue weighted by molar-refractivity contribution is 6.23. The molecule has 0 aliphatic carbocycles. The zero-order valence-corrected chi connectivity index (χ0v) is 14.3. The lowest BCUT2D eigenvalue weighted by molar-refractivity contribution is 0.102. The maximum atomic E-state index is 13.0. The normalized spacial score (nSPS) is 11.4. The van der Waals surface area contributed by atoms with E-state index in [0.29, 0.717) is 16.8 Å². The molecule has 0 fully saturated rings. The van der Waals surface area contributed by atoms with Gasteiger partial charge in [0.15, 0.2) is 0 Å². The Labute approximate surface area is 153 Å². The highest BCUT2D eigenvalue weighted by Crippen LogP contribution is 2.32. The van der Waals surface area contributed by atoms with Crippen molar-refractivity contribution in [1.29, 1.82) is 0 Å². The van der Waals surface area contributed by atoms with Gasteiger partial charge in [0.2, 0.25) is 0 Å². The van der Waals surface area contributed by atoms with E-state index in [1.54, 1.807) is 18.3 Å². The molecule has 0 unspecified atom stereocenters. The van der Waals surface area contributed by atoms with Crippen LogP contribution >= 0.6 is 0 Å². The molecule has 6 heteroatoms. The molecule has 0 spiro atoms. The molecule has 4 N–H and O–H groups in total. The second kappa shape index (κ2) is 5.96. The van der Waals surface area contributed by atoms with Crippen LogP contribution in [-0.2, 0) is 6.61 Å².